The van der Waals surface area contributed by atoms with Crippen molar-refractivity contribution in [1.29, 1.82) is 0 Å². The van der Waals surface area contributed by atoms with Gasteiger partial charge in [-0.2, -0.15) is 14.6 Å². The number of piperazine rings is 1. The first kappa shape index (κ1) is 34.5. The number of H-pyrrole nitrogens is 1. The molecule has 268 valence electrons. The van der Waals surface area contributed by atoms with E-state index in [0.717, 1.165) is 28.4 Å². The van der Waals surface area contributed by atoms with E-state index in [2.05, 4.69) is 30.6 Å². The summed E-state index contributed by atoms with van der Waals surface area (Å²) in [5, 5.41) is 25.4. The van der Waals surface area contributed by atoms with Gasteiger partial charge in [-0.05, 0) is 43.7 Å². The van der Waals surface area contributed by atoms with Gasteiger partial charge in [-0.1, -0.05) is 24.6 Å². The summed E-state index contributed by atoms with van der Waals surface area (Å²) < 4.78 is 30.5. The molecule has 4 aromatic heterocycles. The van der Waals surface area contributed by atoms with Crippen LogP contribution in [0.2, 0.25) is 5.02 Å². The standard InChI is InChI=1S/C34H32ClF2N11O4/c1-4-25-28(45-9-11-46(12-10-45)31(51)27-29(50)18(2)38-17-39-27)32(52)48-33(42-30(44-48)19-5-7-23-20(13-19)15-40-43-23)47(25)16-26(49)41-24-8-6-21(14-22(24)35)34(3,36)37/h5-8,13-15,17,50H,4,9-12,16H2,1-3H3,(H,40,43)(H,41,49). The topological polar surface area (TPSA) is 180 Å². The van der Waals surface area contributed by atoms with E-state index in [9.17, 15) is 28.3 Å². The molecule has 5 heterocycles. The normalized spacial score (nSPS) is 13.7. The van der Waals surface area contributed by atoms with Crippen molar-refractivity contribution in [2.45, 2.75) is 39.7 Å². The van der Waals surface area contributed by atoms with Gasteiger partial charge in [-0.3, -0.25) is 19.5 Å². The molecule has 1 aliphatic heterocycles. The van der Waals surface area contributed by atoms with E-state index in [1.54, 1.807) is 23.8 Å². The minimum atomic E-state index is -3.12. The molecule has 0 radical (unpaired) electrons. The van der Waals surface area contributed by atoms with Crippen LogP contribution >= 0.6 is 11.6 Å². The van der Waals surface area contributed by atoms with Gasteiger partial charge in [-0.15, -0.1) is 5.10 Å². The number of aromatic hydroxyl groups is 1. The van der Waals surface area contributed by atoms with Crippen LogP contribution in [-0.2, 0) is 23.7 Å². The molecule has 52 heavy (non-hydrogen) atoms. The molecule has 3 N–H and O–H groups in total. The zero-order chi connectivity index (χ0) is 36.9. The number of carbonyl (C=O) groups excluding carboxylic acids is 2. The van der Waals surface area contributed by atoms with E-state index in [-0.39, 0.29) is 83.4 Å². The monoisotopic (exact) mass is 731 g/mol. The summed E-state index contributed by atoms with van der Waals surface area (Å²) in [7, 11) is 0. The highest BCUT2D eigenvalue weighted by atomic mass is 35.5. The molecule has 1 aliphatic rings. The van der Waals surface area contributed by atoms with Crippen LogP contribution in [0.1, 0.15) is 41.3 Å². The van der Waals surface area contributed by atoms with Crippen LogP contribution < -0.4 is 15.8 Å². The Kier molecular flexibility index (Phi) is 8.82. The van der Waals surface area contributed by atoms with Crippen LogP contribution in [0.15, 0.2) is 53.7 Å². The summed E-state index contributed by atoms with van der Waals surface area (Å²) in [5.74, 6) is -4.08. The van der Waals surface area contributed by atoms with E-state index in [1.807, 2.05) is 24.0 Å². The number of aromatic nitrogens is 8. The molecule has 7 rings (SSSR count). The first-order valence-corrected chi connectivity index (χ1v) is 16.7. The van der Waals surface area contributed by atoms with Crippen molar-refractivity contribution >= 4 is 51.5 Å². The van der Waals surface area contributed by atoms with Gasteiger partial charge in [0.05, 0.1) is 33.8 Å². The Morgan fingerprint density at radius 2 is 1.87 bits per heavy atom. The number of anilines is 2. The van der Waals surface area contributed by atoms with Crippen molar-refractivity contribution in [2.24, 2.45) is 0 Å². The van der Waals surface area contributed by atoms with Crippen LogP contribution in [0.4, 0.5) is 20.2 Å². The van der Waals surface area contributed by atoms with E-state index in [4.69, 9.17) is 16.6 Å². The third-order valence-corrected chi connectivity index (χ3v) is 9.31. The Bertz CT molecular complexity index is 2430. The van der Waals surface area contributed by atoms with E-state index in [0.29, 0.717) is 17.7 Å². The van der Waals surface area contributed by atoms with Crippen LogP contribution in [0, 0.1) is 6.92 Å². The highest BCUT2D eigenvalue weighted by Crippen LogP contribution is 2.33. The van der Waals surface area contributed by atoms with E-state index < -0.39 is 23.3 Å². The second-order valence-electron chi connectivity index (χ2n) is 12.4. The second-order valence-corrected chi connectivity index (χ2v) is 12.8. The first-order valence-electron chi connectivity index (χ1n) is 16.3. The Morgan fingerprint density at radius 1 is 1.10 bits per heavy atom. The minimum Gasteiger partial charge on any atom is -0.504 e. The number of aromatic amines is 1. The summed E-state index contributed by atoms with van der Waals surface area (Å²) >= 11 is 6.29. The third-order valence-electron chi connectivity index (χ3n) is 9.00. The molecule has 0 spiro atoms. The fourth-order valence-corrected chi connectivity index (χ4v) is 6.49. The van der Waals surface area contributed by atoms with Gasteiger partial charge in [0.15, 0.2) is 17.3 Å². The number of aryl methyl sites for hydroxylation is 1. The number of hydrogen-bond acceptors (Lipinski definition) is 10. The Labute approximate surface area is 298 Å². The smallest absolute Gasteiger partial charge is 0.299 e. The largest absolute Gasteiger partial charge is 0.504 e. The SMILES string of the molecule is CCc1c(N2CCN(C(=O)c3ncnc(C)c3O)CC2)c(=O)n2nc(-c3ccc4[nH]ncc4c3)nc2n1CC(=O)Nc1ccc(C(C)(F)F)cc1Cl. The number of nitrogens with zero attached hydrogens (tertiary/aromatic N) is 9. The zero-order valence-corrected chi connectivity index (χ0v) is 28.9. The summed E-state index contributed by atoms with van der Waals surface area (Å²) in [4.78, 5) is 57.2. The van der Waals surface area contributed by atoms with Gasteiger partial charge in [0.2, 0.25) is 11.7 Å². The lowest BCUT2D eigenvalue weighted by Crippen LogP contribution is -2.51. The Morgan fingerprint density at radius 3 is 2.58 bits per heavy atom. The van der Waals surface area contributed by atoms with Crippen molar-refractivity contribution in [3.63, 3.8) is 0 Å². The number of rotatable bonds is 8. The number of benzene rings is 2. The van der Waals surface area contributed by atoms with Gasteiger partial charge < -0.3 is 24.8 Å². The molecule has 0 bridgehead atoms. The van der Waals surface area contributed by atoms with Crippen LogP contribution in [0.25, 0.3) is 28.1 Å². The maximum Gasteiger partial charge on any atom is 0.299 e. The average molecular weight is 732 g/mol. The number of amides is 2. The van der Waals surface area contributed by atoms with Crippen LogP contribution in [0.3, 0.4) is 0 Å². The molecule has 18 heteroatoms. The van der Waals surface area contributed by atoms with Crippen molar-refractivity contribution in [3.05, 3.63) is 86.9 Å². The van der Waals surface area contributed by atoms with Crippen molar-refractivity contribution in [2.75, 3.05) is 36.4 Å². The fraction of sp³-hybridized carbons (Fsp3) is 0.294. The van der Waals surface area contributed by atoms with Crippen molar-refractivity contribution in [3.8, 4) is 17.1 Å². The van der Waals surface area contributed by atoms with Crippen LogP contribution in [-0.4, -0.2) is 87.3 Å². The van der Waals surface area contributed by atoms with Gasteiger partial charge in [0.1, 0.15) is 18.6 Å². The third kappa shape index (κ3) is 6.27. The minimum absolute atomic E-state index is 0.0638. The lowest BCUT2D eigenvalue weighted by atomic mass is 10.1. The maximum absolute atomic E-state index is 14.3. The molecule has 1 fully saturated rings. The molecule has 1 saturated heterocycles. The lowest BCUT2D eigenvalue weighted by molar-refractivity contribution is -0.116. The molecule has 2 amide bonds. The molecule has 0 unspecified atom stereocenters. The van der Waals surface area contributed by atoms with Crippen LogP contribution in [0.5, 0.6) is 5.75 Å². The highest BCUT2D eigenvalue weighted by Gasteiger charge is 2.31. The zero-order valence-electron chi connectivity index (χ0n) is 28.2. The second kappa shape index (κ2) is 13.3. The highest BCUT2D eigenvalue weighted by molar-refractivity contribution is 6.33. The fourth-order valence-electron chi connectivity index (χ4n) is 6.26. The number of alkyl halides is 2. The molecular weight excluding hydrogens is 700 g/mol. The van der Waals surface area contributed by atoms with Gasteiger partial charge in [0, 0.05) is 49.6 Å². The Hall–Kier alpha value is -5.97. The molecular formula is C34H32ClF2N11O4. The molecule has 0 saturated carbocycles. The Balaban J connectivity index is 1.26. The van der Waals surface area contributed by atoms with E-state index >= 15 is 0 Å². The molecule has 0 atom stereocenters. The summed E-state index contributed by atoms with van der Waals surface area (Å²) in [6.45, 7) is 4.76. The average Bonchev–Trinajstić information content (AvgIpc) is 3.79. The summed E-state index contributed by atoms with van der Waals surface area (Å²) in [6, 6.07) is 9.04. The summed E-state index contributed by atoms with van der Waals surface area (Å²) in [6.07, 6.45) is 3.18. The molecule has 15 nitrogen and oxygen atoms in total. The van der Waals surface area contributed by atoms with Gasteiger partial charge in [0.25, 0.3) is 17.4 Å². The number of fused-ring (bicyclic) bond motifs is 2. The number of hydrogen-bond donors (Lipinski definition) is 3. The molecule has 6 aromatic rings. The maximum atomic E-state index is 14.3. The number of carbonyl (C=O) groups is 2. The van der Waals surface area contributed by atoms with E-state index in [1.165, 1.54) is 23.4 Å². The quantitative estimate of drug-likeness (QED) is 0.206. The first-order chi connectivity index (χ1) is 24.8. The van der Waals surface area contributed by atoms with Crippen molar-refractivity contribution < 1.29 is 23.5 Å². The summed E-state index contributed by atoms with van der Waals surface area (Å²) in [5.41, 5.74) is 1.74. The number of nitrogens with one attached hydrogen (secondary N) is 2. The lowest BCUT2D eigenvalue weighted by Gasteiger charge is -2.36. The van der Waals surface area contributed by atoms with Gasteiger partial charge >= 0.3 is 0 Å². The van der Waals surface area contributed by atoms with Crippen molar-refractivity contribution in [1.82, 2.24) is 44.2 Å². The molecule has 0 aliphatic carbocycles. The number of halogens is 3. The molecule has 2 aromatic carbocycles. The predicted octanol–water partition coefficient (Wildman–Crippen LogP) is 4.17. The van der Waals surface area contributed by atoms with Gasteiger partial charge in [-0.25, -0.2) is 18.7 Å². The predicted molar refractivity (Wildman–Crippen MR) is 188 cm³/mol.